The molecule has 0 saturated heterocycles. The van der Waals surface area contributed by atoms with Gasteiger partial charge in [0, 0.05) is 16.9 Å². The minimum atomic E-state index is -4.84. The Labute approximate surface area is 146 Å². The molecule has 2 rings (SSSR count). The second-order valence-corrected chi connectivity index (χ2v) is 5.50. The molecule has 2 aromatic carbocycles. The fourth-order valence-corrected chi connectivity index (χ4v) is 2.40. The normalized spacial score (nSPS) is 12.4. The van der Waals surface area contributed by atoms with Crippen molar-refractivity contribution in [2.75, 3.05) is 6.54 Å². The molecule has 0 radical (unpaired) electrons. The van der Waals surface area contributed by atoms with Crippen LogP contribution in [0.4, 0.5) is 13.2 Å². The second kappa shape index (κ2) is 7.85. The highest BCUT2D eigenvalue weighted by molar-refractivity contribution is 5.96. The number of hydrogen-bond donors (Lipinski definition) is 1. The lowest BCUT2D eigenvalue weighted by atomic mass is 9.91. The fourth-order valence-electron chi connectivity index (χ4n) is 2.40. The van der Waals surface area contributed by atoms with Gasteiger partial charge in [0.05, 0.1) is 5.92 Å². The van der Waals surface area contributed by atoms with Crippen LogP contribution in [-0.2, 0) is 0 Å². The Hall–Kier alpha value is -3.10. The van der Waals surface area contributed by atoms with Gasteiger partial charge in [-0.1, -0.05) is 12.1 Å². The largest absolute Gasteiger partial charge is 0.573 e. The lowest BCUT2D eigenvalue weighted by Crippen LogP contribution is -2.18. The molecular formula is C17H14F3NO5. The van der Waals surface area contributed by atoms with Gasteiger partial charge in [0.25, 0.3) is 0 Å². The number of carbonyl (C=O) groups excluding carboxylic acids is 1. The number of phenols is 1. The maximum absolute atomic E-state index is 12.3. The zero-order chi connectivity index (χ0) is 19.3. The molecule has 0 spiro atoms. The molecule has 9 heteroatoms. The molecule has 0 aliphatic rings. The predicted octanol–water partition coefficient (Wildman–Crippen LogP) is 3.92. The fraction of sp³-hybridized carbons (Fsp3) is 0.235. The monoisotopic (exact) mass is 369 g/mol. The van der Waals surface area contributed by atoms with Crippen LogP contribution in [-0.4, -0.2) is 28.7 Å². The van der Waals surface area contributed by atoms with Gasteiger partial charge in [0.1, 0.15) is 11.5 Å². The van der Waals surface area contributed by atoms with Crippen LogP contribution in [0, 0.1) is 10.1 Å². The number of aromatic hydroxyl groups is 1. The Balaban J connectivity index is 2.17. The van der Waals surface area contributed by atoms with Crippen molar-refractivity contribution in [3.63, 3.8) is 0 Å². The van der Waals surface area contributed by atoms with Crippen molar-refractivity contribution >= 4 is 5.78 Å². The van der Waals surface area contributed by atoms with E-state index in [0.717, 1.165) is 12.1 Å². The number of rotatable bonds is 7. The SMILES string of the molecule is O=C(CC(C[N+](=O)[O-])c1ccc(OC(F)(F)F)cc1)c1ccc(O)cc1. The minimum absolute atomic E-state index is 0.0244. The average molecular weight is 369 g/mol. The first kappa shape index (κ1) is 19.2. The van der Waals surface area contributed by atoms with Crippen molar-refractivity contribution in [1.29, 1.82) is 0 Å². The molecular weight excluding hydrogens is 355 g/mol. The molecule has 0 aliphatic heterocycles. The van der Waals surface area contributed by atoms with E-state index in [9.17, 15) is 33.2 Å². The van der Waals surface area contributed by atoms with Gasteiger partial charge in [-0.15, -0.1) is 13.2 Å². The molecule has 0 aliphatic carbocycles. The van der Waals surface area contributed by atoms with Crippen molar-refractivity contribution < 1.29 is 32.7 Å². The first-order chi connectivity index (χ1) is 12.1. The van der Waals surface area contributed by atoms with Crippen LogP contribution in [0.15, 0.2) is 48.5 Å². The number of phenolic OH excluding ortho intramolecular Hbond substituents is 1. The van der Waals surface area contributed by atoms with Crippen molar-refractivity contribution in [2.45, 2.75) is 18.7 Å². The van der Waals surface area contributed by atoms with E-state index in [-0.39, 0.29) is 23.5 Å². The Bertz CT molecular complexity index is 772. The molecule has 0 heterocycles. The van der Waals surface area contributed by atoms with Crippen LogP contribution in [0.2, 0.25) is 0 Å². The summed E-state index contributed by atoms with van der Waals surface area (Å²) >= 11 is 0. The van der Waals surface area contributed by atoms with Crippen molar-refractivity contribution in [3.8, 4) is 11.5 Å². The summed E-state index contributed by atoms with van der Waals surface area (Å²) in [4.78, 5) is 22.6. The number of halogens is 3. The van der Waals surface area contributed by atoms with E-state index in [2.05, 4.69) is 4.74 Å². The van der Waals surface area contributed by atoms with Crippen LogP contribution in [0.5, 0.6) is 11.5 Å². The van der Waals surface area contributed by atoms with Gasteiger partial charge in [-0.05, 0) is 42.0 Å². The highest BCUT2D eigenvalue weighted by atomic mass is 19.4. The summed E-state index contributed by atoms with van der Waals surface area (Å²) < 4.78 is 40.3. The third-order valence-corrected chi connectivity index (χ3v) is 3.58. The molecule has 0 aromatic heterocycles. The lowest BCUT2D eigenvalue weighted by molar-refractivity contribution is -0.483. The molecule has 0 saturated carbocycles. The molecule has 0 bridgehead atoms. The smallest absolute Gasteiger partial charge is 0.508 e. The van der Waals surface area contributed by atoms with Gasteiger partial charge in [-0.25, -0.2) is 0 Å². The number of Topliss-reactive ketones (excluding diaryl/α,β-unsaturated/α-hetero) is 1. The first-order valence-electron chi connectivity index (χ1n) is 7.44. The Kier molecular flexibility index (Phi) is 5.81. The number of ether oxygens (including phenoxy) is 1. The van der Waals surface area contributed by atoms with Gasteiger partial charge in [-0.3, -0.25) is 14.9 Å². The maximum Gasteiger partial charge on any atom is 0.573 e. The molecule has 26 heavy (non-hydrogen) atoms. The standard InChI is InChI=1S/C17H14F3NO5/c18-17(19,20)26-15-7-3-11(4-8-15)13(10-21(24)25)9-16(23)12-1-5-14(22)6-2-12/h1-8,13,22H,9-10H2. The van der Waals surface area contributed by atoms with E-state index >= 15 is 0 Å². The van der Waals surface area contributed by atoms with Crippen molar-refractivity contribution in [3.05, 3.63) is 69.8 Å². The van der Waals surface area contributed by atoms with Gasteiger partial charge in [0.2, 0.25) is 6.54 Å². The number of alkyl halides is 3. The molecule has 138 valence electrons. The number of carbonyl (C=O) groups is 1. The Morgan fingerprint density at radius 3 is 2.19 bits per heavy atom. The number of benzene rings is 2. The van der Waals surface area contributed by atoms with E-state index in [1.54, 1.807) is 0 Å². The van der Waals surface area contributed by atoms with Gasteiger partial charge in [-0.2, -0.15) is 0 Å². The maximum atomic E-state index is 12.3. The molecule has 0 fully saturated rings. The molecule has 2 aromatic rings. The van der Waals surface area contributed by atoms with E-state index in [4.69, 9.17) is 0 Å². The minimum Gasteiger partial charge on any atom is -0.508 e. The van der Waals surface area contributed by atoms with E-state index in [1.165, 1.54) is 36.4 Å². The molecule has 1 atom stereocenters. The molecule has 1 unspecified atom stereocenters. The first-order valence-corrected chi connectivity index (χ1v) is 7.44. The lowest BCUT2D eigenvalue weighted by Gasteiger charge is -2.14. The molecule has 1 N–H and O–H groups in total. The zero-order valence-electron chi connectivity index (χ0n) is 13.3. The summed E-state index contributed by atoms with van der Waals surface area (Å²) in [6, 6.07) is 10.0. The summed E-state index contributed by atoms with van der Waals surface area (Å²) in [6.07, 6.45) is -5.04. The predicted molar refractivity (Wildman–Crippen MR) is 84.8 cm³/mol. The van der Waals surface area contributed by atoms with Crippen LogP contribution in [0.1, 0.15) is 28.3 Å². The second-order valence-electron chi connectivity index (χ2n) is 5.50. The number of ketones is 1. The Morgan fingerprint density at radius 2 is 1.69 bits per heavy atom. The average Bonchev–Trinajstić information content (AvgIpc) is 2.53. The summed E-state index contributed by atoms with van der Waals surface area (Å²) in [7, 11) is 0. The van der Waals surface area contributed by atoms with Crippen LogP contribution < -0.4 is 4.74 Å². The van der Waals surface area contributed by atoms with Gasteiger partial charge >= 0.3 is 6.36 Å². The summed E-state index contributed by atoms with van der Waals surface area (Å²) in [5.74, 6) is -1.67. The van der Waals surface area contributed by atoms with Crippen LogP contribution >= 0.6 is 0 Å². The number of hydrogen-bond acceptors (Lipinski definition) is 5. The van der Waals surface area contributed by atoms with E-state index < -0.39 is 29.5 Å². The Morgan fingerprint density at radius 1 is 1.12 bits per heavy atom. The summed E-state index contributed by atoms with van der Waals surface area (Å²) in [6.45, 7) is -0.552. The highest BCUT2D eigenvalue weighted by Gasteiger charge is 2.31. The highest BCUT2D eigenvalue weighted by Crippen LogP contribution is 2.27. The van der Waals surface area contributed by atoms with E-state index in [1.807, 2.05) is 0 Å². The van der Waals surface area contributed by atoms with Crippen LogP contribution in [0.3, 0.4) is 0 Å². The summed E-state index contributed by atoms with van der Waals surface area (Å²) in [5.41, 5.74) is 0.622. The van der Waals surface area contributed by atoms with Crippen molar-refractivity contribution in [2.24, 2.45) is 0 Å². The molecule has 6 nitrogen and oxygen atoms in total. The van der Waals surface area contributed by atoms with Gasteiger partial charge < -0.3 is 9.84 Å². The summed E-state index contributed by atoms with van der Waals surface area (Å²) in [5, 5.41) is 20.1. The topological polar surface area (TPSA) is 89.7 Å². The quantitative estimate of drug-likeness (QED) is 0.454. The zero-order valence-corrected chi connectivity index (χ0v) is 13.3. The number of nitrogens with zero attached hydrogens (tertiary/aromatic N) is 1. The van der Waals surface area contributed by atoms with Crippen LogP contribution in [0.25, 0.3) is 0 Å². The van der Waals surface area contributed by atoms with Crippen molar-refractivity contribution in [1.82, 2.24) is 0 Å². The van der Waals surface area contributed by atoms with Gasteiger partial charge in [0.15, 0.2) is 5.78 Å². The third kappa shape index (κ3) is 5.76. The number of nitro groups is 1. The molecule has 0 amide bonds. The third-order valence-electron chi connectivity index (χ3n) is 3.58. The van der Waals surface area contributed by atoms with E-state index in [0.29, 0.717) is 5.56 Å².